The lowest BCUT2D eigenvalue weighted by atomic mass is 10.2. The molecular formula is C16H21N5O2. The summed E-state index contributed by atoms with van der Waals surface area (Å²) in [5, 5.41) is 17.1. The highest BCUT2D eigenvalue weighted by atomic mass is 16.5. The van der Waals surface area contributed by atoms with Crippen LogP contribution in [0.4, 0.5) is 5.69 Å². The Morgan fingerprint density at radius 2 is 2.04 bits per heavy atom. The smallest absolute Gasteiger partial charge is 0.194 e. The minimum atomic E-state index is 0.328. The van der Waals surface area contributed by atoms with Gasteiger partial charge in [-0.15, -0.1) is 0 Å². The summed E-state index contributed by atoms with van der Waals surface area (Å²) in [6.45, 7) is 3.94. The minimum Gasteiger partial charge on any atom is -0.506 e. The summed E-state index contributed by atoms with van der Waals surface area (Å²) in [4.78, 5) is 8.73. The maximum Gasteiger partial charge on any atom is 0.194 e. The van der Waals surface area contributed by atoms with Crippen molar-refractivity contribution in [1.29, 1.82) is 0 Å². The number of phenolic OH excluding ortho intramolecular Hbond substituents is 1. The zero-order valence-corrected chi connectivity index (χ0v) is 13.1. The quantitative estimate of drug-likeness (QED) is 0.656. The molecule has 2 N–H and O–H groups in total. The second-order valence-electron chi connectivity index (χ2n) is 5.35. The summed E-state index contributed by atoms with van der Waals surface area (Å²) in [5.41, 5.74) is 1.73. The summed E-state index contributed by atoms with van der Waals surface area (Å²) in [6, 6.07) is 9.28. The molecule has 0 atom stereocenters. The molecule has 0 unspecified atom stereocenters. The Labute approximate surface area is 135 Å². The summed E-state index contributed by atoms with van der Waals surface area (Å²) in [5.74, 6) is 1.18. The standard InChI is InChI=1S/C16H21N5O2/c1-17-16(18-12-13-6-11-23-19-13)21-9-7-20(8-10-21)14-4-2-3-5-15(14)22/h2-6,11,22H,7-10,12H2,1H3,(H,17,18). The van der Waals surface area contributed by atoms with Crippen LogP contribution in [0.3, 0.4) is 0 Å². The van der Waals surface area contributed by atoms with E-state index < -0.39 is 0 Å². The van der Waals surface area contributed by atoms with Crippen LogP contribution < -0.4 is 10.2 Å². The van der Waals surface area contributed by atoms with Gasteiger partial charge < -0.3 is 24.7 Å². The molecule has 2 aromatic rings. The molecule has 2 heterocycles. The van der Waals surface area contributed by atoms with Crippen LogP contribution in [0.15, 0.2) is 46.1 Å². The number of aromatic hydroxyl groups is 1. The van der Waals surface area contributed by atoms with Crippen LogP contribution in [0.5, 0.6) is 5.75 Å². The van der Waals surface area contributed by atoms with Gasteiger partial charge in [-0.25, -0.2) is 0 Å². The van der Waals surface area contributed by atoms with E-state index in [-0.39, 0.29) is 0 Å². The second kappa shape index (κ2) is 7.04. The molecule has 1 aromatic heterocycles. The van der Waals surface area contributed by atoms with Crippen molar-refractivity contribution in [2.75, 3.05) is 38.1 Å². The lowest BCUT2D eigenvalue weighted by Crippen LogP contribution is -2.52. The lowest BCUT2D eigenvalue weighted by molar-refractivity contribution is 0.368. The zero-order chi connectivity index (χ0) is 16.1. The number of anilines is 1. The summed E-state index contributed by atoms with van der Waals surface area (Å²) >= 11 is 0. The van der Waals surface area contributed by atoms with Gasteiger partial charge in [-0.05, 0) is 12.1 Å². The molecule has 23 heavy (non-hydrogen) atoms. The lowest BCUT2D eigenvalue weighted by Gasteiger charge is -2.37. The average Bonchev–Trinajstić information content (AvgIpc) is 3.10. The molecule has 7 nitrogen and oxygen atoms in total. The zero-order valence-electron chi connectivity index (χ0n) is 13.1. The van der Waals surface area contributed by atoms with Gasteiger partial charge in [-0.3, -0.25) is 4.99 Å². The fraction of sp³-hybridized carbons (Fsp3) is 0.375. The molecule has 122 valence electrons. The highest BCUT2D eigenvalue weighted by molar-refractivity contribution is 5.80. The molecule has 7 heteroatoms. The first-order valence-electron chi connectivity index (χ1n) is 7.65. The van der Waals surface area contributed by atoms with E-state index in [2.05, 4.69) is 25.3 Å². The average molecular weight is 315 g/mol. The summed E-state index contributed by atoms with van der Waals surface area (Å²) < 4.78 is 4.83. The Hall–Kier alpha value is -2.70. The van der Waals surface area contributed by atoms with Crippen molar-refractivity contribution < 1.29 is 9.63 Å². The van der Waals surface area contributed by atoms with E-state index in [1.54, 1.807) is 19.4 Å². The number of piperazine rings is 1. The van der Waals surface area contributed by atoms with E-state index in [4.69, 9.17) is 4.52 Å². The first-order valence-corrected chi connectivity index (χ1v) is 7.65. The number of benzene rings is 1. The van der Waals surface area contributed by atoms with Crippen molar-refractivity contribution >= 4 is 11.6 Å². The minimum absolute atomic E-state index is 0.328. The molecule has 1 aliphatic heterocycles. The first kappa shape index (κ1) is 15.2. The maximum absolute atomic E-state index is 9.97. The molecule has 0 amide bonds. The maximum atomic E-state index is 9.97. The number of phenols is 1. The number of aliphatic imine (C=N–C) groups is 1. The molecule has 1 fully saturated rings. The number of rotatable bonds is 3. The molecule has 3 rings (SSSR count). The third-order valence-electron chi connectivity index (χ3n) is 3.93. The Morgan fingerprint density at radius 1 is 1.26 bits per heavy atom. The van der Waals surface area contributed by atoms with Gasteiger partial charge in [-0.1, -0.05) is 17.3 Å². The molecule has 0 saturated carbocycles. The van der Waals surface area contributed by atoms with Crippen molar-refractivity contribution in [2.45, 2.75) is 6.54 Å². The fourth-order valence-electron chi connectivity index (χ4n) is 2.72. The monoisotopic (exact) mass is 315 g/mol. The van der Waals surface area contributed by atoms with E-state index in [0.29, 0.717) is 12.3 Å². The van der Waals surface area contributed by atoms with Crippen molar-refractivity contribution in [2.24, 2.45) is 4.99 Å². The third kappa shape index (κ3) is 3.56. The van der Waals surface area contributed by atoms with Crippen molar-refractivity contribution in [3.8, 4) is 5.75 Å². The molecule has 1 aliphatic rings. The largest absolute Gasteiger partial charge is 0.506 e. The number of hydrogen-bond acceptors (Lipinski definition) is 5. The van der Waals surface area contributed by atoms with E-state index in [1.807, 2.05) is 24.3 Å². The van der Waals surface area contributed by atoms with Gasteiger partial charge in [0.1, 0.15) is 17.7 Å². The second-order valence-corrected chi connectivity index (χ2v) is 5.35. The molecule has 0 bridgehead atoms. The van der Waals surface area contributed by atoms with Gasteiger partial charge >= 0.3 is 0 Å². The molecule has 0 radical (unpaired) electrons. The van der Waals surface area contributed by atoms with Crippen LogP contribution in [0.1, 0.15) is 5.69 Å². The van der Waals surface area contributed by atoms with Gasteiger partial charge in [0.25, 0.3) is 0 Å². The van der Waals surface area contributed by atoms with Crippen molar-refractivity contribution in [3.63, 3.8) is 0 Å². The Morgan fingerprint density at radius 3 is 2.70 bits per heavy atom. The SMILES string of the molecule is CN=C(NCc1ccon1)N1CCN(c2ccccc2O)CC1. The van der Waals surface area contributed by atoms with Gasteiger partial charge in [-0.2, -0.15) is 0 Å². The first-order chi connectivity index (χ1) is 11.3. The Bertz CT molecular complexity index is 648. The van der Waals surface area contributed by atoms with Crippen LogP contribution in [0.2, 0.25) is 0 Å². The Balaban J connectivity index is 1.56. The topological polar surface area (TPSA) is 77.1 Å². The number of para-hydroxylation sites is 2. The number of aromatic nitrogens is 1. The number of nitrogens with zero attached hydrogens (tertiary/aromatic N) is 4. The van der Waals surface area contributed by atoms with Crippen molar-refractivity contribution in [1.82, 2.24) is 15.4 Å². The van der Waals surface area contributed by atoms with Crippen LogP contribution in [-0.4, -0.2) is 54.3 Å². The number of hydrogen-bond donors (Lipinski definition) is 2. The van der Waals surface area contributed by atoms with E-state index in [9.17, 15) is 5.11 Å². The van der Waals surface area contributed by atoms with Gasteiger partial charge in [0.2, 0.25) is 0 Å². The highest BCUT2D eigenvalue weighted by Crippen LogP contribution is 2.27. The van der Waals surface area contributed by atoms with E-state index in [1.165, 1.54) is 0 Å². The third-order valence-corrected chi connectivity index (χ3v) is 3.93. The van der Waals surface area contributed by atoms with Crippen molar-refractivity contribution in [3.05, 3.63) is 42.3 Å². The molecular weight excluding hydrogens is 294 g/mol. The van der Waals surface area contributed by atoms with Gasteiger partial charge in [0, 0.05) is 39.3 Å². The van der Waals surface area contributed by atoms with Crippen LogP contribution in [-0.2, 0) is 6.54 Å². The molecule has 1 saturated heterocycles. The molecule has 0 aliphatic carbocycles. The summed E-state index contributed by atoms with van der Waals surface area (Å²) in [6.07, 6.45) is 1.56. The van der Waals surface area contributed by atoms with Gasteiger partial charge in [0.05, 0.1) is 12.2 Å². The summed E-state index contributed by atoms with van der Waals surface area (Å²) in [7, 11) is 1.78. The molecule has 1 aromatic carbocycles. The highest BCUT2D eigenvalue weighted by Gasteiger charge is 2.21. The number of guanidine groups is 1. The van der Waals surface area contributed by atoms with E-state index >= 15 is 0 Å². The van der Waals surface area contributed by atoms with Crippen LogP contribution in [0, 0.1) is 0 Å². The Kier molecular flexibility index (Phi) is 4.65. The van der Waals surface area contributed by atoms with Crippen LogP contribution in [0.25, 0.3) is 0 Å². The predicted molar refractivity (Wildman–Crippen MR) is 88.6 cm³/mol. The van der Waals surface area contributed by atoms with E-state index in [0.717, 1.165) is 43.5 Å². The predicted octanol–water partition coefficient (Wildman–Crippen LogP) is 1.28. The van der Waals surface area contributed by atoms with Gasteiger partial charge in [0.15, 0.2) is 5.96 Å². The fourth-order valence-corrected chi connectivity index (χ4v) is 2.72. The normalized spacial score (nSPS) is 15.8. The number of nitrogens with one attached hydrogen (secondary N) is 1. The molecule has 0 spiro atoms. The van der Waals surface area contributed by atoms with Crippen LogP contribution >= 0.6 is 0 Å².